The van der Waals surface area contributed by atoms with Gasteiger partial charge in [0.25, 0.3) is 5.52 Å². The standard InChI is InChI=1S/C19H21ClNO.BF4/c1-5-13-11-17-15(12-16(13)20)18(14-9-7-6-8-10-14)22-21(17)19(2,3)4;2-1(3,4)5/h6-12H,5H2,1-4H3;/q+1;-1. The fraction of sp³-hybridized carbons (Fsp3) is 0.316. The van der Waals surface area contributed by atoms with Gasteiger partial charge in [-0.3, -0.25) is 0 Å². The summed E-state index contributed by atoms with van der Waals surface area (Å²) >= 11 is 6.44. The summed E-state index contributed by atoms with van der Waals surface area (Å²) in [5, 5.41) is 1.86. The molecule has 0 atom stereocenters. The van der Waals surface area contributed by atoms with Crippen LogP contribution in [0.3, 0.4) is 0 Å². The Bertz CT molecular complexity index is 911. The molecule has 0 aliphatic heterocycles. The predicted molar refractivity (Wildman–Crippen MR) is 101 cm³/mol. The molecule has 3 aromatic rings. The summed E-state index contributed by atoms with van der Waals surface area (Å²) in [6.45, 7) is 8.55. The molecule has 0 bridgehead atoms. The summed E-state index contributed by atoms with van der Waals surface area (Å²) in [5.74, 6) is 0.870. The molecular formula is C19H21BClF4NO. The third kappa shape index (κ3) is 5.48. The molecule has 1 aromatic heterocycles. The maximum absolute atomic E-state index is 9.75. The van der Waals surface area contributed by atoms with E-state index in [0.29, 0.717) is 0 Å². The Labute approximate surface area is 160 Å². The Morgan fingerprint density at radius 2 is 1.59 bits per heavy atom. The Balaban J connectivity index is 0.000000465. The third-order valence-electron chi connectivity index (χ3n) is 3.84. The van der Waals surface area contributed by atoms with Crippen molar-refractivity contribution in [2.75, 3.05) is 0 Å². The molecule has 8 heteroatoms. The number of rotatable bonds is 2. The molecular weight excluding hydrogens is 380 g/mol. The van der Waals surface area contributed by atoms with Gasteiger partial charge in [-0.2, -0.15) is 0 Å². The molecule has 0 N–H and O–H groups in total. The van der Waals surface area contributed by atoms with E-state index in [2.05, 4.69) is 45.9 Å². The zero-order valence-corrected chi connectivity index (χ0v) is 16.3. The number of hydrogen-bond donors (Lipinski definition) is 0. The van der Waals surface area contributed by atoms with Crippen LogP contribution in [-0.2, 0) is 12.0 Å². The van der Waals surface area contributed by atoms with E-state index in [1.165, 1.54) is 0 Å². The normalized spacial score (nSPS) is 12.0. The monoisotopic (exact) mass is 401 g/mol. The van der Waals surface area contributed by atoms with Gasteiger partial charge in [-0.25, -0.2) is 4.52 Å². The number of hydrogen-bond acceptors (Lipinski definition) is 1. The predicted octanol–water partition coefficient (Wildman–Crippen LogP) is 6.66. The Kier molecular flexibility index (Phi) is 6.25. The molecule has 0 amide bonds. The second-order valence-electron chi connectivity index (χ2n) is 7.06. The number of nitrogens with zero attached hydrogens (tertiary/aromatic N) is 1. The highest BCUT2D eigenvalue weighted by molar-refractivity contribution is 6.50. The van der Waals surface area contributed by atoms with Crippen molar-refractivity contribution in [1.82, 2.24) is 0 Å². The average Bonchev–Trinajstić information content (AvgIpc) is 2.92. The summed E-state index contributed by atoms with van der Waals surface area (Å²) in [6.07, 6.45) is 0.908. The molecule has 0 unspecified atom stereocenters. The topological polar surface area (TPSA) is 17.0 Å². The third-order valence-corrected chi connectivity index (χ3v) is 4.19. The van der Waals surface area contributed by atoms with Crippen molar-refractivity contribution >= 4 is 29.8 Å². The van der Waals surface area contributed by atoms with Crippen molar-refractivity contribution in [2.24, 2.45) is 0 Å². The summed E-state index contributed by atoms with van der Waals surface area (Å²) in [4.78, 5) is 0. The molecule has 2 aromatic carbocycles. The minimum Gasteiger partial charge on any atom is -0.418 e. The maximum atomic E-state index is 9.75. The lowest BCUT2D eigenvalue weighted by molar-refractivity contribution is -0.886. The van der Waals surface area contributed by atoms with E-state index in [1.54, 1.807) is 0 Å². The van der Waals surface area contributed by atoms with Crippen LogP contribution in [0.5, 0.6) is 0 Å². The molecule has 3 rings (SSSR count). The second kappa shape index (κ2) is 7.93. The highest BCUT2D eigenvalue weighted by Crippen LogP contribution is 2.33. The van der Waals surface area contributed by atoms with Crippen molar-refractivity contribution in [2.45, 2.75) is 39.7 Å². The van der Waals surface area contributed by atoms with Crippen LogP contribution in [0.25, 0.3) is 22.2 Å². The van der Waals surface area contributed by atoms with E-state index in [4.69, 9.17) is 16.1 Å². The van der Waals surface area contributed by atoms with Crippen LogP contribution in [0, 0.1) is 0 Å². The number of fused-ring (bicyclic) bond motifs is 1. The van der Waals surface area contributed by atoms with E-state index in [0.717, 1.165) is 39.2 Å². The van der Waals surface area contributed by atoms with E-state index < -0.39 is 7.25 Å². The van der Waals surface area contributed by atoms with Crippen LogP contribution >= 0.6 is 11.6 Å². The average molecular weight is 402 g/mol. The first-order chi connectivity index (χ1) is 12.4. The van der Waals surface area contributed by atoms with Gasteiger partial charge < -0.3 is 17.3 Å². The van der Waals surface area contributed by atoms with Gasteiger partial charge in [-0.1, -0.05) is 48.9 Å². The Morgan fingerprint density at radius 3 is 2.07 bits per heavy atom. The van der Waals surface area contributed by atoms with E-state index in [-0.39, 0.29) is 5.54 Å². The van der Waals surface area contributed by atoms with Gasteiger partial charge in [0, 0.05) is 37.4 Å². The van der Waals surface area contributed by atoms with Gasteiger partial charge in [-0.05, 0) is 22.8 Å². The number of aromatic nitrogens is 1. The Hall–Kier alpha value is -2.02. The van der Waals surface area contributed by atoms with Crippen molar-refractivity contribution in [3.05, 3.63) is 53.1 Å². The van der Waals surface area contributed by atoms with Crippen molar-refractivity contribution < 1.29 is 26.5 Å². The van der Waals surface area contributed by atoms with Crippen LogP contribution < -0.4 is 4.74 Å². The molecule has 0 spiro atoms. The van der Waals surface area contributed by atoms with Gasteiger partial charge in [-0.15, -0.1) is 0 Å². The first-order valence-electron chi connectivity index (χ1n) is 8.52. The van der Waals surface area contributed by atoms with Gasteiger partial charge >= 0.3 is 7.25 Å². The quantitative estimate of drug-likeness (QED) is 0.267. The van der Waals surface area contributed by atoms with Gasteiger partial charge in [0.05, 0.1) is 0 Å². The molecule has 0 aliphatic carbocycles. The van der Waals surface area contributed by atoms with Crippen LogP contribution in [0.2, 0.25) is 5.02 Å². The van der Waals surface area contributed by atoms with Crippen LogP contribution in [0.4, 0.5) is 17.3 Å². The second-order valence-corrected chi connectivity index (χ2v) is 7.47. The van der Waals surface area contributed by atoms with Gasteiger partial charge in [0.15, 0.2) is 0 Å². The molecule has 146 valence electrons. The highest BCUT2D eigenvalue weighted by atomic mass is 35.5. The number of halogens is 5. The molecule has 0 aliphatic rings. The summed E-state index contributed by atoms with van der Waals surface area (Å²) < 4.78 is 47.2. The SMILES string of the molecule is CCc1cc2c(cc1Cl)c(-c1ccccc1)o[n+]2C(C)(C)C.F[B-](F)(F)F. The molecule has 0 radical (unpaired) electrons. The fourth-order valence-corrected chi connectivity index (χ4v) is 3.01. The zero-order chi connectivity index (χ0) is 20.4. The van der Waals surface area contributed by atoms with E-state index in [9.17, 15) is 17.3 Å². The lowest BCUT2D eigenvalue weighted by atomic mass is 10.0. The maximum Gasteiger partial charge on any atom is 0.673 e. The molecule has 1 heterocycles. The number of benzene rings is 2. The van der Waals surface area contributed by atoms with Crippen molar-refractivity contribution in [3.8, 4) is 11.3 Å². The first-order valence-corrected chi connectivity index (χ1v) is 8.90. The fourth-order valence-electron chi connectivity index (χ4n) is 2.71. The number of aryl methyl sites for hydroxylation is 1. The first kappa shape index (κ1) is 21.3. The van der Waals surface area contributed by atoms with Crippen molar-refractivity contribution in [1.29, 1.82) is 0 Å². The van der Waals surface area contributed by atoms with E-state index in [1.807, 2.05) is 29.0 Å². The molecule has 27 heavy (non-hydrogen) atoms. The molecule has 0 fully saturated rings. The molecule has 0 saturated carbocycles. The highest BCUT2D eigenvalue weighted by Gasteiger charge is 2.33. The van der Waals surface area contributed by atoms with Gasteiger partial charge in [0.1, 0.15) is 5.39 Å². The Morgan fingerprint density at radius 1 is 1.04 bits per heavy atom. The van der Waals surface area contributed by atoms with E-state index >= 15 is 0 Å². The largest absolute Gasteiger partial charge is 0.673 e. The van der Waals surface area contributed by atoms with Crippen LogP contribution in [0.1, 0.15) is 33.3 Å². The summed E-state index contributed by atoms with van der Waals surface area (Å²) in [6, 6.07) is 14.4. The van der Waals surface area contributed by atoms with Crippen LogP contribution in [0.15, 0.2) is 47.0 Å². The summed E-state index contributed by atoms with van der Waals surface area (Å²) in [7, 11) is -6.00. The van der Waals surface area contributed by atoms with Crippen LogP contribution in [-0.4, -0.2) is 7.25 Å². The zero-order valence-electron chi connectivity index (χ0n) is 15.6. The smallest absolute Gasteiger partial charge is 0.418 e. The molecule has 2 nitrogen and oxygen atoms in total. The minimum atomic E-state index is -6.00. The minimum absolute atomic E-state index is 0.135. The lowest BCUT2D eigenvalue weighted by Crippen LogP contribution is -2.49. The van der Waals surface area contributed by atoms with Gasteiger partial charge in [0.2, 0.25) is 11.3 Å². The lowest BCUT2D eigenvalue weighted by Gasteiger charge is -2.07. The van der Waals surface area contributed by atoms with Crippen molar-refractivity contribution in [3.63, 3.8) is 0 Å². The summed E-state index contributed by atoms with van der Waals surface area (Å²) in [5.41, 5.74) is 3.17. The molecule has 0 saturated heterocycles.